The van der Waals surface area contributed by atoms with E-state index < -0.39 is 6.04 Å². The van der Waals surface area contributed by atoms with E-state index in [1.807, 2.05) is 31.1 Å². The Balaban J connectivity index is 2.56. The Kier molecular flexibility index (Phi) is 6.76. The molecule has 0 heterocycles. The summed E-state index contributed by atoms with van der Waals surface area (Å²) in [4.78, 5) is 26.1. The highest BCUT2D eigenvalue weighted by Gasteiger charge is 2.17. The van der Waals surface area contributed by atoms with Crippen molar-refractivity contribution in [2.45, 2.75) is 39.2 Å². The summed E-state index contributed by atoms with van der Waals surface area (Å²) in [5, 5.41) is 5.53. The molecule has 0 spiro atoms. The van der Waals surface area contributed by atoms with E-state index >= 15 is 0 Å². The van der Waals surface area contributed by atoms with Crippen LogP contribution in [0.25, 0.3) is 0 Å². The van der Waals surface area contributed by atoms with Gasteiger partial charge in [-0.05, 0) is 44.1 Å². The van der Waals surface area contributed by atoms with Crippen LogP contribution in [0.15, 0.2) is 24.3 Å². The molecule has 1 unspecified atom stereocenters. The van der Waals surface area contributed by atoms with Gasteiger partial charge in [0.25, 0.3) is 5.91 Å². The molecule has 0 bridgehead atoms. The molecule has 5 nitrogen and oxygen atoms in total. The normalized spacial score (nSPS) is 12.8. The molecule has 0 saturated heterocycles. The Labute approximate surface area is 139 Å². The highest BCUT2D eigenvalue weighted by molar-refractivity contribution is 5.97. The molecule has 0 saturated carbocycles. The summed E-state index contributed by atoms with van der Waals surface area (Å²) in [6, 6.07) is 6.94. The topological polar surface area (TPSA) is 61.4 Å². The number of carbonyl (C=O) groups excluding carboxylic acids is 2. The minimum atomic E-state index is -0.563. The molecule has 5 heteroatoms. The molecule has 1 aromatic rings. The molecule has 128 valence electrons. The average Bonchev–Trinajstić information content (AvgIpc) is 2.45. The van der Waals surface area contributed by atoms with Gasteiger partial charge < -0.3 is 15.5 Å². The Morgan fingerprint density at radius 3 is 2.17 bits per heavy atom. The van der Waals surface area contributed by atoms with Gasteiger partial charge in [-0.25, -0.2) is 0 Å². The number of nitrogens with one attached hydrogen (secondary N) is 2. The van der Waals surface area contributed by atoms with Crippen LogP contribution in [0, 0.1) is 0 Å². The summed E-state index contributed by atoms with van der Waals surface area (Å²) in [7, 11) is 3.89. The second-order valence-electron chi connectivity index (χ2n) is 7.12. The van der Waals surface area contributed by atoms with Gasteiger partial charge in [0.15, 0.2) is 0 Å². The first-order valence-corrected chi connectivity index (χ1v) is 7.95. The van der Waals surface area contributed by atoms with Crippen molar-refractivity contribution < 1.29 is 9.59 Å². The molecule has 0 radical (unpaired) electrons. The van der Waals surface area contributed by atoms with Gasteiger partial charge in [0.05, 0.1) is 0 Å². The lowest BCUT2D eigenvalue weighted by atomic mass is 9.86. The Morgan fingerprint density at radius 2 is 1.70 bits per heavy atom. The highest BCUT2D eigenvalue weighted by Crippen LogP contribution is 2.22. The number of carbonyl (C=O) groups is 2. The van der Waals surface area contributed by atoms with Gasteiger partial charge in [-0.2, -0.15) is 0 Å². The summed E-state index contributed by atoms with van der Waals surface area (Å²) < 4.78 is 0. The zero-order valence-electron chi connectivity index (χ0n) is 15.1. The molecular weight excluding hydrogens is 290 g/mol. The van der Waals surface area contributed by atoms with E-state index in [1.165, 1.54) is 5.56 Å². The molecule has 0 aliphatic carbocycles. The van der Waals surface area contributed by atoms with E-state index in [4.69, 9.17) is 0 Å². The number of hydrogen-bond donors (Lipinski definition) is 2. The van der Waals surface area contributed by atoms with Gasteiger partial charge in [0, 0.05) is 18.7 Å². The maximum absolute atomic E-state index is 12.2. The molecule has 2 N–H and O–H groups in total. The van der Waals surface area contributed by atoms with Crippen LogP contribution in [0.1, 0.15) is 43.6 Å². The highest BCUT2D eigenvalue weighted by atomic mass is 16.2. The summed E-state index contributed by atoms with van der Waals surface area (Å²) in [6.45, 7) is 9.39. The lowest BCUT2D eigenvalue weighted by Gasteiger charge is -2.19. The van der Waals surface area contributed by atoms with Crippen molar-refractivity contribution in [3.05, 3.63) is 35.4 Å². The van der Waals surface area contributed by atoms with E-state index in [0.29, 0.717) is 12.1 Å². The molecule has 0 fully saturated rings. The van der Waals surface area contributed by atoms with Gasteiger partial charge in [-0.3, -0.25) is 9.59 Å². The van der Waals surface area contributed by atoms with Crippen LogP contribution >= 0.6 is 0 Å². The SMILES string of the molecule is CC(NC(=O)c1ccc(C(C)(C)C)cc1)C(=O)NCCN(C)C. The van der Waals surface area contributed by atoms with E-state index in [-0.39, 0.29) is 17.2 Å². The minimum Gasteiger partial charge on any atom is -0.353 e. The zero-order valence-corrected chi connectivity index (χ0v) is 15.1. The van der Waals surface area contributed by atoms with Crippen molar-refractivity contribution in [3.8, 4) is 0 Å². The smallest absolute Gasteiger partial charge is 0.251 e. The number of rotatable bonds is 6. The molecule has 23 heavy (non-hydrogen) atoms. The van der Waals surface area contributed by atoms with Crippen LogP contribution in [-0.2, 0) is 10.2 Å². The van der Waals surface area contributed by atoms with E-state index in [9.17, 15) is 9.59 Å². The third kappa shape index (κ3) is 6.40. The first-order chi connectivity index (χ1) is 10.6. The third-order valence-electron chi connectivity index (χ3n) is 3.61. The number of likely N-dealkylation sites (N-methyl/N-ethyl adjacent to an activating group) is 1. The molecular formula is C18H29N3O2. The van der Waals surface area contributed by atoms with Crippen LogP contribution < -0.4 is 10.6 Å². The molecule has 1 atom stereocenters. The maximum Gasteiger partial charge on any atom is 0.251 e. The fraction of sp³-hybridized carbons (Fsp3) is 0.556. The molecule has 0 aliphatic heterocycles. The van der Waals surface area contributed by atoms with Crippen molar-refractivity contribution in [3.63, 3.8) is 0 Å². The van der Waals surface area contributed by atoms with Crippen molar-refractivity contribution >= 4 is 11.8 Å². The third-order valence-corrected chi connectivity index (χ3v) is 3.61. The Hall–Kier alpha value is -1.88. The monoisotopic (exact) mass is 319 g/mol. The second-order valence-corrected chi connectivity index (χ2v) is 7.12. The quantitative estimate of drug-likeness (QED) is 0.840. The van der Waals surface area contributed by atoms with Crippen molar-refractivity contribution in [1.29, 1.82) is 0 Å². The van der Waals surface area contributed by atoms with E-state index in [1.54, 1.807) is 19.1 Å². The minimum absolute atomic E-state index is 0.0502. The number of hydrogen-bond acceptors (Lipinski definition) is 3. The van der Waals surface area contributed by atoms with E-state index in [0.717, 1.165) is 6.54 Å². The average molecular weight is 319 g/mol. The van der Waals surface area contributed by atoms with Gasteiger partial charge in [-0.15, -0.1) is 0 Å². The zero-order chi connectivity index (χ0) is 17.6. The molecule has 0 aliphatic rings. The van der Waals surface area contributed by atoms with Crippen LogP contribution in [0.2, 0.25) is 0 Å². The lowest BCUT2D eigenvalue weighted by molar-refractivity contribution is -0.122. The first-order valence-electron chi connectivity index (χ1n) is 7.95. The molecule has 1 aromatic carbocycles. The van der Waals surface area contributed by atoms with Crippen molar-refractivity contribution in [2.24, 2.45) is 0 Å². The summed E-state index contributed by atoms with van der Waals surface area (Å²) in [6.07, 6.45) is 0. The van der Waals surface area contributed by atoms with Crippen molar-refractivity contribution in [1.82, 2.24) is 15.5 Å². The fourth-order valence-corrected chi connectivity index (χ4v) is 2.02. The van der Waals surface area contributed by atoms with Crippen LogP contribution in [0.5, 0.6) is 0 Å². The number of benzene rings is 1. The number of nitrogens with zero attached hydrogens (tertiary/aromatic N) is 1. The predicted molar refractivity (Wildman–Crippen MR) is 93.6 cm³/mol. The molecule has 0 aromatic heterocycles. The van der Waals surface area contributed by atoms with Crippen LogP contribution in [-0.4, -0.2) is 49.9 Å². The maximum atomic E-state index is 12.2. The standard InChI is InChI=1S/C18H29N3O2/c1-13(16(22)19-11-12-21(5)6)20-17(23)14-7-9-15(10-8-14)18(2,3)4/h7-10,13H,11-12H2,1-6H3,(H,19,22)(H,20,23). The van der Waals surface area contributed by atoms with Gasteiger partial charge >= 0.3 is 0 Å². The fourth-order valence-electron chi connectivity index (χ4n) is 2.02. The van der Waals surface area contributed by atoms with Crippen molar-refractivity contribution in [2.75, 3.05) is 27.2 Å². The summed E-state index contributed by atoms with van der Waals surface area (Å²) in [5.41, 5.74) is 1.78. The second kappa shape index (κ2) is 8.11. The van der Waals surface area contributed by atoms with Gasteiger partial charge in [0.1, 0.15) is 6.04 Å². The molecule has 2 amide bonds. The summed E-state index contributed by atoms with van der Waals surface area (Å²) in [5.74, 6) is -0.410. The van der Waals surface area contributed by atoms with Gasteiger partial charge in [0.2, 0.25) is 5.91 Å². The summed E-state index contributed by atoms with van der Waals surface area (Å²) >= 11 is 0. The largest absolute Gasteiger partial charge is 0.353 e. The van der Waals surface area contributed by atoms with E-state index in [2.05, 4.69) is 31.4 Å². The first kappa shape index (κ1) is 19.2. The van der Waals surface area contributed by atoms with Gasteiger partial charge in [-0.1, -0.05) is 32.9 Å². The van der Waals surface area contributed by atoms with Crippen LogP contribution in [0.4, 0.5) is 0 Å². The molecule has 1 rings (SSSR count). The predicted octanol–water partition coefficient (Wildman–Crippen LogP) is 1.78. The Bertz CT molecular complexity index is 530. The Morgan fingerprint density at radius 1 is 1.13 bits per heavy atom. The number of amides is 2. The lowest BCUT2D eigenvalue weighted by Crippen LogP contribution is -2.46. The van der Waals surface area contributed by atoms with Crippen LogP contribution in [0.3, 0.4) is 0 Å².